The topological polar surface area (TPSA) is 83.6 Å². The van der Waals surface area contributed by atoms with Gasteiger partial charge in [-0.15, -0.1) is 0 Å². The number of carbonyl (C=O) groups excluding carboxylic acids is 2. The number of nitrogens with zero attached hydrogens (tertiary/aromatic N) is 2. The number of pyridine rings is 1. The van der Waals surface area contributed by atoms with Crippen LogP contribution in [0.3, 0.4) is 0 Å². The van der Waals surface area contributed by atoms with Gasteiger partial charge in [0.1, 0.15) is 17.3 Å². The summed E-state index contributed by atoms with van der Waals surface area (Å²) < 4.78 is 5.78. The highest BCUT2D eigenvalue weighted by molar-refractivity contribution is 5.98. The highest BCUT2D eigenvalue weighted by Gasteiger charge is 2.23. The van der Waals surface area contributed by atoms with E-state index in [1.165, 1.54) is 6.42 Å². The Bertz CT molecular complexity index is 1480. The van der Waals surface area contributed by atoms with Crippen LogP contribution in [-0.2, 0) is 9.59 Å². The molecule has 0 radical (unpaired) electrons. The number of anilines is 3. The summed E-state index contributed by atoms with van der Waals surface area (Å²) >= 11 is 0. The van der Waals surface area contributed by atoms with Crippen molar-refractivity contribution in [3.8, 4) is 11.5 Å². The fourth-order valence-electron chi connectivity index (χ4n) is 5.37. The Balaban J connectivity index is 1.13. The first-order valence-corrected chi connectivity index (χ1v) is 13.9. The number of ether oxygens (including phenoxy) is 1. The maximum atomic E-state index is 12.6. The molecule has 1 aromatic heterocycles. The SMILES string of the molecule is Cc1cc(N2C[C@H](C)C[C@H](C)C2)nc2ccc(NC(=O)CCC(=O)Nc3ccc(Oc4ccccc4)cc3)cc12. The molecule has 2 N–H and O–H groups in total. The van der Waals surface area contributed by atoms with Gasteiger partial charge in [0.2, 0.25) is 11.8 Å². The highest BCUT2D eigenvalue weighted by Crippen LogP contribution is 2.29. The van der Waals surface area contributed by atoms with Crippen LogP contribution in [0.5, 0.6) is 11.5 Å². The van der Waals surface area contributed by atoms with Crippen molar-refractivity contribution in [1.82, 2.24) is 4.98 Å². The molecule has 5 rings (SSSR count). The van der Waals surface area contributed by atoms with E-state index >= 15 is 0 Å². The number of piperidine rings is 1. The zero-order valence-electron chi connectivity index (χ0n) is 23.3. The van der Waals surface area contributed by atoms with Crippen LogP contribution in [0.15, 0.2) is 78.9 Å². The zero-order valence-corrected chi connectivity index (χ0v) is 23.3. The smallest absolute Gasteiger partial charge is 0.224 e. The summed E-state index contributed by atoms with van der Waals surface area (Å²) in [7, 11) is 0. The van der Waals surface area contributed by atoms with Crippen molar-refractivity contribution in [2.24, 2.45) is 11.8 Å². The quantitative estimate of drug-likeness (QED) is 0.249. The molecule has 1 saturated heterocycles. The molecule has 7 heteroatoms. The number of aromatic nitrogens is 1. The Labute approximate surface area is 235 Å². The lowest BCUT2D eigenvalue weighted by atomic mass is 9.92. The second-order valence-corrected chi connectivity index (χ2v) is 10.9. The van der Waals surface area contributed by atoms with E-state index in [9.17, 15) is 9.59 Å². The second kappa shape index (κ2) is 12.2. The van der Waals surface area contributed by atoms with Crippen LogP contribution < -0.4 is 20.3 Å². The molecule has 206 valence electrons. The first-order valence-electron chi connectivity index (χ1n) is 13.9. The first-order chi connectivity index (χ1) is 19.3. The van der Waals surface area contributed by atoms with Crippen LogP contribution in [0.1, 0.15) is 38.7 Å². The fourth-order valence-corrected chi connectivity index (χ4v) is 5.37. The number of amides is 2. The number of hydrogen-bond donors (Lipinski definition) is 2. The number of para-hydroxylation sites is 1. The average molecular weight is 537 g/mol. The van der Waals surface area contributed by atoms with Crippen molar-refractivity contribution in [2.45, 2.75) is 40.0 Å². The molecule has 0 unspecified atom stereocenters. The van der Waals surface area contributed by atoms with Crippen molar-refractivity contribution in [3.05, 3.63) is 84.4 Å². The van der Waals surface area contributed by atoms with Gasteiger partial charge in [0.05, 0.1) is 5.52 Å². The molecule has 1 aliphatic rings. The molecule has 1 fully saturated rings. The minimum atomic E-state index is -0.223. The Kier molecular flexibility index (Phi) is 8.29. The van der Waals surface area contributed by atoms with Crippen LogP contribution in [0.25, 0.3) is 10.9 Å². The van der Waals surface area contributed by atoms with E-state index in [4.69, 9.17) is 9.72 Å². The molecule has 3 aromatic carbocycles. The summed E-state index contributed by atoms with van der Waals surface area (Å²) in [6.07, 6.45) is 1.42. The molecule has 2 atom stereocenters. The molecule has 4 aromatic rings. The molecule has 40 heavy (non-hydrogen) atoms. The van der Waals surface area contributed by atoms with E-state index in [-0.39, 0.29) is 24.7 Å². The van der Waals surface area contributed by atoms with Gasteiger partial charge in [0.15, 0.2) is 0 Å². The number of aryl methyl sites for hydroxylation is 1. The van der Waals surface area contributed by atoms with Crippen molar-refractivity contribution in [3.63, 3.8) is 0 Å². The third-order valence-corrected chi connectivity index (χ3v) is 7.17. The maximum absolute atomic E-state index is 12.6. The van der Waals surface area contributed by atoms with Crippen LogP contribution in [0, 0.1) is 18.8 Å². The summed E-state index contributed by atoms with van der Waals surface area (Å²) in [5.74, 6) is 3.32. The van der Waals surface area contributed by atoms with E-state index in [0.717, 1.165) is 41.1 Å². The second-order valence-electron chi connectivity index (χ2n) is 10.9. The summed E-state index contributed by atoms with van der Waals surface area (Å²) in [5.41, 5.74) is 3.39. The van der Waals surface area contributed by atoms with Gasteiger partial charge in [-0.2, -0.15) is 0 Å². The lowest BCUT2D eigenvalue weighted by molar-refractivity contribution is -0.121. The standard InChI is InChI=1S/C33H36N4O3/c1-22-17-23(2)21-37(20-22)31-18-24(3)29-19-26(11-14-30(29)36-31)35-33(39)16-15-32(38)34-25-9-12-28(13-10-25)40-27-7-5-4-6-8-27/h4-14,18-19,22-23H,15-17,20-21H2,1-3H3,(H,34,38)(H,35,39)/t22-,23+. The molecule has 1 aliphatic heterocycles. The van der Waals surface area contributed by atoms with Crippen LogP contribution in [0.2, 0.25) is 0 Å². The number of nitrogens with one attached hydrogen (secondary N) is 2. The minimum Gasteiger partial charge on any atom is -0.457 e. The molecular formula is C33H36N4O3. The van der Waals surface area contributed by atoms with E-state index in [0.29, 0.717) is 29.0 Å². The summed E-state index contributed by atoms with van der Waals surface area (Å²) in [4.78, 5) is 32.3. The Morgan fingerprint density at radius 2 is 1.43 bits per heavy atom. The van der Waals surface area contributed by atoms with Crippen LogP contribution >= 0.6 is 0 Å². The molecule has 0 saturated carbocycles. The highest BCUT2D eigenvalue weighted by atomic mass is 16.5. The predicted molar refractivity (Wildman–Crippen MR) is 161 cm³/mol. The third kappa shape index (κ3) is 6.97. The molecule has 0 spiro atoms. The molecule has 2 amide bonds. The predicted octanol–water partition coefficient (Wildman–Crippen LogP) is 7.18. The molecule has 0 bridgehead atoms. The van der Waals surface area contributed by atoms with Crippen molar-refractivity contribution in [1.29, 1.82) is 0 Å². The van der Waals surface area contributed by atoms with Gasteiger partial charge in [-0.25, -0.2) is 4.98 Å². The molecule has 7 nitrogen and oxygen atoms in total. The van der Waals surface area contributed by atoms with E-state index < -0.39 is 0 Å². The lowest BCUT2D eigenvalue weighted by Crippen LogP contribution is -2.39. The van der Waals surface area contributed by atoms with Crippen LogP contribution in [0.4, 0.5) is 17.2 Å². The molecule has 0 aliphatic carbocycles. The van der Waals surface area contributed by atoms with Gasteiger partial charge in [0, 0.05) is 42.7 Å². The van der Waals surface area contributed by atoms with E-state index in [2.05, 4.69) is 42.4 Å². The minimum absolute atomic E-state index is 0.0817. The molecular weight excluding hydrogens is 500 g/mol. The Morgan fingerprint density at radius 1 is 0.825 bits per heavy atom. The Morgan fingerprint density at radius 3 is 2.10 bits per heavy atom. The number of hydrogen-bond acceptors (Lipinski definition) is 5. The summed E-state index contributed by atoms with van der Waals surface area (Å²) in [6.45, 7) is 8.74. The van der Waals surface area contributed by atoms with E-state index in [1.807, 2.05) is 48.5 Å². The van der Waals surface area contributed by atoms with Crippen LogP contribution in [-0.4, -0.2) is 29.9 Å². The Hall–Kier alpha value is -4.39. The third-order valence-electron chi connectivity index (χ3n) is 7.17. The van der Waals surface area contributed by atoms with Crippen molar-refractivity contribution < 1.29 is 14.3 Å². The number of benzene rings is 3. The number of carbonyl (C=O) groups is 2. The fraction of sp³-hybridized carbons (Fsp3) is 0.303. The maximum Gasteiger partial charge on any atom is 0.224 e. The normalized spacial score (nSPS) is 16.9. The lowest BCUT2D eigenvalue weighted by Gasteiger charge is -2.36. The van der Waals surface area contributed by atoms with Crippen molar-refractivity contribution >= 4 is 39.9 Å². The van der Waals surface area contributed by atoms with Gasteiger partial charge in [-0.1, -0.05) is 32.0 Å². The van der Waals surface area contributed by atoms with E-state index in [1.54, 1.807) is 24.3 Å². The zero-order chi connectivity index (χ0) is 28.1. The average Bonchev–Trinajstić information content (AvgIpc) is 2.93. The first kappa shape index (κ1) is 27.2. The number of rotatable bonds is 8. The van der Waals surface area contributed by atoms with Gasteiger partial charge >= 0.3 is 0 Å². The van der Waals surface area contributed by atoms with Crippen molar-refractivity contribution in [2.75, 3.05) is 28.6 Å². The van der Waals surface area contributed by atoms with Gasteiger partial charge in [-0.3, -0.25) is 9.59 Å². The van der Waals surface area contributed by atoms with Gasteiger partial charge in [-0.05, 0) is 91.4 Å². The summed E-state index contributed by atoms with van der Waals surface area (Å²) in [6, 6.07) is 24.6. The largest absolute Gasteiger partial charge is 0.457 e. The van der Waals surface area contributed by atoms with Gasteiger partial charge < -0.3 is 20.3 Å². The number of fused-ring (bicyclic) bond motifs is 1. The molecule has 2 heterocycles. The van der Waals surface area contributed by atoms with Gasteiger partial charge in [0.25, 0.3) is 0 Å². The summed E-state index contributed by atoms with van der Waals surface area (Å²) in [5, 5.41) is 6.77. The monoisotopic (exact) mass is 536 g/mol.